The molecule has 0 aliphatic heterocycles. The molecule has 12 heavy (non-hydrogen) atoms. The van der Waals surface area contributed by atoms with Gasteiger partial charge < -0.3 is 4.74 Å². The third kappa shape index (κ3) is 3.24. The molecule has 2 nitrogen and oxygen atoms in total. The van der Waals surface area contributed by atoms with Crippen molar-refractivity contribution in [3.63, 3.8) is 0 Å². The first kappa shape index (κ1) is 11.5. The minimum atomic E-state index is 0.0842. The number of rotatable bonds is 6. The maximum Gasteiger partial charge on any atom is 0.417 e. The van der Waals surface area contributed by atoms with Gasteiger partial charge in [0.05, 0.1) is 6.61 Å². The maximum absolute atomic E-state index is 9.90. The molecule has 0 rings (SSSR count). The Morgan fingerprint density at radius 3 is 2.17 bits per heavy atom. The molecule has 71 valence electrons. The SMILES string of the molecule is CCC(CC)C(C)(C)CO[C]=O. The Labute approximate surface area is 75.3 Å². The van der Waals surface area contributed by atoms with Gasteiger partial charge in [-0.1, -0.05) is 40.5 Å². The standard InChI is InChI=1S/C10H19O2/c1-5-9(6-2)10(3,4)7-12-8-11/h9H,5-7H2,1-4H3. The van der Waals surface area contributed by atoms with E-state index in [9.17, 15) is 4.79 Å². The summed E-state index contributed by atoms with van der Waals surface area (Å²) in [6, 6.07) is 0. The van der Waals surface area contributed by atoms with Crippen LogP contribution in [0.3, 0.4) is 0 Å². The first-order valence-electron chi connectivity index (χ1n) is 4.57. The molecule has 0 aromatic heterocycles. The summed E-state index contributed by atoms with van der Waals surface area (Å²) in [4.78, 5) is 9.90. The molecular weight excluding hydrogens is 152 g/mol. The van der Waals surface area contributed by atoms with Crippen molar-refractivity contribution in [1.29, 1.82) is 0 Å². The highest BCUT2D eigenvalue weighted by atomic mass is 16.5. The van der Waals surface area contributed by atoms with Crippen LogP contribution in [-0.4, -0.2) is 13.1 Å². The van der Waals surface area contributed by atoms with E-state index >= 15 is 0 Å². The second-order valence-electron chi connectivity index (χ2n) is 3.87. The van der Waals surface area contributed by atoms with E-state index in [0.717, 1.165) is 12.8 Å². The fourth-order valence-electron chi connectivity index (χ4n) is 1.73. The zero-order chi connectivity index (χ0) is 9.61. The molecule has 1 radical (unpaired) electrons. The van der Waals surface area contributed by atoms with E-state index in [-0.39, 0.29) is 5.41 Å². The molecule has 0 amide bonds. The summed E-state index contributed by atoms with van der Waals surface area (Å²) >= 11 is 0. The molecule has 0 heterocycles. The van der Waals surface area contributed by atoms with Gasteiger partial charge in [0.15, 0.2) is 0 Å². The molecule has 0 saturated heterocycles. The average Bonchev–Trinajstić information content (AvgIpc) is 2.03. The summed E-state index contributed by atoms with van der Waals surface area (Å²) in [5.41, 5.74) is 0.0842. The molecule has 0 saturated carbocycles. The Kier molecular flexibility index (Phi) is 4.95. The Bertz CT molecular complexity index is 126. The molecule has 0 aromatic carbocycles. The van der Waals surface area contributed by atoms with Crippen LogP contribution in [0.1, 0.15) is 40.5 Å². The average molecular weight is 171 g/mol. The summed E-state index contributed by atoms with van der Waals surface area (Å²) in [7, 11) is 0. The van der Waals surface area contributed by atoms with Crippen molar-refractivity contribution in [3.05, 3.63) is 0 Å². The molecule has 0 unspecified atom stereocenters. The Balaban J connectivity index is 4.04. The summed E-state index contributed by atoms with van der Waals surface area (Å²) < 4.78 is 4.68. The van der Waals surface area contributed by atoms with Crippen molar-refractivity contribution in [2.24, 2.45) is 11.3 Å². The Hall–Kier alpha value is -0.530. The van der Waals surface area contributed by atoms with Crippen molar-refractivity contribution < 1.29 is 9.53 Å². The minimum absolute atomic E-state index is 0.0842. The topological polar surface area (TPSA) is 26.3 Å². The van der Waals surface area contributed by atoms with E-state index in [0.29, 0.717) is 12.5 Å². The predicted octanol–water partition coefficient (Wildman–Crippen LogP) is 2.53. The summed E-state index contributed by atoms with van der Waals surface area (Å²) in [6.07, 6.45) is 2.26. The second-order valence-corrected chi connectivity index (χ2v) is 3.87. The Morgan fingerprint density at radius 1 is 1.33 bits per heavy atom. The quantitative estimate of drug-likeness (QED) is 0.614. The van der Waals surface area contributed by atoms with Crippen molar-refractivity contribution in [2.75, 3.05) is 6.61 Å². The second kappa shape index (κ2) is 5.18. The molecule has 0 spiro atoms. The van der Waals surface area contributed by atoms with Crippen molar-refractivity contribution >= 4 is 6.47 Å². The van der Waals surface area contributed by atoms with Gasteiger partial charge in [0, 0.05) is 5.41 Å². The predicted molar refractivity (Wildman–Crippen MR) is 49.5 cm³/mol. The van der Waals surface area contributed by atoms with E-state index in [2.05, 4.69) is 32.4 Å². The summed E-state index contributed by atoms with van der Waals surface area (Å²) in [5, 5.41) is 0. The fourth-order valence-corrected chi connectivity index (χ4v) is 1.73. The van der Waals surface area contributed by atoms with Crippen LogP contribution < -0.4 is 0 Å². The van der Waals surface area contributed by atoms with E-state index < -0.39 is 0 Å². The van der Waals surface area contributed by atoms with E-state index in [4.69, 9.17) is 0 Å². The molecule has 2 heteroatoms. The van der Waals surface area contributed by atoms with Crippen LogP contribution >= 0.6 is 0 Å². The van der Waals surface area contributed by atoms with Crippen molar-refractivity contribution in [3.8, 4) is 0 Å². The van der Waals surface area contributed by atoms with Crippen LogP contribution in [-0.2, 0) is 9.53 Å². The summed E-state index contributed by atoms with van der Waals surface area (Å²) in [5.74, 6) is 0.617. The number of hydrogen-bond donors (Lipinski definition) is 0. The first-order chi connectivity index (χ1) is 5.58. The molecule has 0 aliphatic carbocycles. The minimum Gasteiger partial charge on any atom is -0.457 e. The normalized spacial score (nSPS) is 11.8. The molecule has 0 fully saturated rings. The van der Waals surface area contributed by atoms with Crippen LogP contribution in [0.25, 0.3) is 0 Å². The molecule has 0 atom stereocenters. The lowest BCUT2D eigenvalue weighted by atomic mass is 9.76. The molecular formula is C10H19O2. The highest BCUT2D eigenvalue weighted by molar-refractivity contribution is 5.38. The van der Waals surface area contributed by atoms with E-state index in [1.54, 1.807) is 0 Å². The van der Waals surface area contributed by atoms with Crippen LogP contribution in [0.4, 0.5) is 0 Å². The van der Waals surface area contributed by atoms with Gasteiger partial charge in [0.25, 0.3) is 0 Å². The maximum atomic E-state index is 9.90. The lowest BCUT2D eigenvalue weighted by Gasteiger charge is -2.31. The molecule has 0 bridgehead atoms. The van der Waals surface area contributed by atoms with Gasteiger partial charge in [-0.15, -0.1) is 0 Å². The third-order valence-corrected chi connectivity index (χ3v) is 2.59. The van der Waals surface area contributed by atoms with Crippen LogP contribution in [0.5, 0.6) is 0 Å². The number of hydrogen-bond acceptors (Lipinski definition) is 2. The lowest BCUT2D eigenvalue weighted by molar-refractivity contribution is 0.0953. The zero-order valence-corrected chi connectivity index (χ0v) is 8.52. The van der Waals surface area contributed by atoms with Crippen LogP contribution in [0.15, 0.2) is 0 Å². The lowest BCUT2D eigenvalue weighted by Crippen LogP contribution is -2.28. The van der Waals surface area contributed by atoms with E-state index in [1.165, 1.54) is 6.47 Å². The number of ether oxygens (including phenoxy) is 1. The molecule has 0 aromatic rings. The van der Waals surface area contributed by atoms with Crippen molar-refractivity contribution in [2.45, 2.75) is 40.5 Å². The third-order valence-electron chi connectivity index (χ3n) is 2.59. The summed E-state index contributed by atoms with van der Waals surface area (Å²) in [6.45, 7) is 10.5. The number of carbonyl (C=O) groups excluding carboxylic acids is 1. The first-order valence-corrected chi connectivity index (χ1v) is 4.57. The van der Waals surface area contributed by atoms with Gasteiger partial charge >= 0.3 is 6.47 Å². The fraction of sp³-hybridized carbons (Fsp3) is 0.900. The molecule has 0 N–H and O–H groups in total. The Morgan fingerprint density at radius 2 is 1.83 bits per heavy atom. The largest absolute Gasteiger partial charge is 0.457 e. The van der Waals surface area contributed by atoms with Crippen molar-refractivity contribution in [1.82, 2.24) is 0 Å². The highest BCUT2D eigenvalue weighted by Crippen LogP contribution is 2.31. The van der Waals surface area contributed by atoms with Gasteiger partial charge in [-0.25, -0.2) is 4.79 Å². The van der Waals surface area contributed by atoms with Crippen LogP contribution in [0, 0.1) is 11.3 Å². The van der Waals surface area contributed by atoms with Gasteiger partial charge in [-0.3, -0.25) is 0 Å². The van der Waals surface area contributed by atoms with Gasteiger partial charge in [0.1, 0.15) is 0 Å². The molecule has 0 aliphatic rings. The van der Waals surface area contributed by atoms with Crippen LogP contribution in [0.2, 0.25) is 0 Å². The van der Waals surface area contributed by atoms with Gasteiger partial charge in [0.2, 0.25) is 0 Å². The zero-order valence-electron chi connectivity index (χ0n) is 8.52. The van der Waals surface area contributed by atoms with Gasteiger partial charge in [-0.05, 0) is 5.92 Å². The monoisotopic (exact) mass is 171 g/mol. The highest BCUT2D eigenvalue weighted by Gasteiger charge is 2.27. The van der Waals surface area contributed by atoms with E-state index in [1.807, 2.05) is 0 Å². The van der Waals surface area contributed by atoms with Gasteiger partial charge in [-0.2, -0.15) is 0 Å². The smallest absolute Gasteiger partial charge is 0.417 e.